The van der Waals surface area contributed by atoms with Crippen LogP contribution in [0.5, 0.6) is 0 Å². The summed E-state index contributed by atoms with van der Waals surface area (Å²) in [6.45, 7) is 5.36. The molecule has 0 radical (unpaired) electrons. The summed E-state index contributed by atoms with van der Waals surface area (Å²) in [7, 11) is 0. The second-order valence-electron chi connectivity index (χ2n) is 6.12. The van der Waals surface area contributed by atoms with Crippen LogP contribution in [0.1, 0.15) is 26.3 Å². The molecule has 1 aliphatic heterocycles. The number of carbonyl (C=O) groups excluding carboxylic acids is 3. The average molecular weight is 321 g/mol. The van der Waals surface area contributed by atoms with Crippen LogP contribution in [0.4, 0.5) is 9.18 Å². The van der Waals surface area contributed by atoms with Crippen LogP contribution >= 0.6 is 0 Å². The molecule has 1 heterocycles. The van der Waals surface area contributed by atoms with Crippen LogP contribution in [0.2, 0.25) is 0 Å². The number of amides is 4. The van der Waals surface area contributed by atoms with Crippen molar-refractivity contribution in [1.29, 1.82) is 0 Å². The molecule has 1 fully saturated rings. The lowest BCUT2D eigenvalue weighted by molar-refractivity contribution is -0.134. The van der Waals surface area contributed by atoms with Gasteiger partial charge in [-0.25, -0.2) is 9.18 Å². The maximum Gasteiger partial charge on any atom is 0.325 e. The molecule has 7 heteroatoms. The summed E-state index contributed by atoms with van der Waals surface area (Å²) >= 11 is 0. The Kier molecular flexibility index (Phi) is 4.68. The minimum Gasteiger partial charge on any atom is -0.354 e. The molecule has 0 spiro atoms. The van der Waals surface area contributed by atoms with E-state index in [1.165, 1.54) is 25.1 Å². The van der Waals surface area contributed by atoms with E-state index in [9.17, 15) is 18.8 Å². The molecule has 2 N–H and O–H groups in total. The molecule has 6 nitrogen and oxygen atoms in total. The zero-order valence-corrected chi connectivity index (χ0v) is 13.4. The van der Waals surface area contributed by atoms with Crippen molar-refractivity contribution < 1.29 is 18.8 Å². The molecule has 1 aromatic rings. The number of carbonyl (C=O) groups is 3. The first-order valence-electron chi connectivity index (χ1n) is 7.41. The number of urea groups is 1. The van der Waals surface area contributed by atoms with Crippen molar-refractivity contribution in [3.05, 3.63) is 35.6 Å². The third kappa shape index (κ3) is 3.33. The summed E-state index contributed by atoms with van der Waals surface area (Å²) in [5, 5.41) is 5.12. The van der Waals surface area contributed by atoms with Gasteiger partial charge in [-0.15, -0.1) is 0 Å². The topological polar surface area (TPSA) is 78.5 Å². The molecule has 1 aromatic carbocycles. The quantitative estimate of drug-likeness (QED) is 0.804. The summed E-state index contributed by atoms with van der Waals surface area (Å²) in [5.74, 6) is -1.41. The van der Waals surface area contributed by atoms with Crippen LogP contribution < -0.4 is 10.6 Å². The van der Waals surface area contributed by atoms with Crippen molar-refractivity contribution in [2.75, 3.05) is 13.1 Å². The van der Waals surface area contributed by atoms with Crippen LogP contribution in [-0.4, -0.2) is 35.8 Å². The molecule has 4 amide bonds. The average Bonchev–Trinajstić information content (AvgIpc) is 2.70. The zero-order chi connectivity index (χ0) is 17.2. The summed E-state index contributed by atoms with van der Waals surface area (Å²) < 4.78 is 14.0. The summed E-state index contributed by atoms with van der Waals surface area (Å²) in [5.41, 5.74) is -1.44. The van der Waals surface area contributed by atoms with Gasteiger partial charge in [0.05, 0.1) is 0 Å². The molecule has 1 aliphatic rings. The normalized spacial score (nSPS) is 20.8. The highest BCUT2D eigenvalue weighted by Crippen LogP contribution is 2.30. The minimum atomic E-state index is -1.51. The van der Waals surface area contributed by atoms with Gasteiger partial charge >= 0.3 is 6.03 Å². The lowest BCUT2D eigenvalue weighted by Gasteiger charge is -2.22. The molecule has 0 saturated carbocycles. The number of nitrogens with one attached hydrogen (secondary N) is 2. The predicted molar refractivity (Wildman–Crippen MR) is 81.8 cm³/mol. The third-order valence-corrected chi connectivity index (χ3v) is 3.70. The van der Waals surface area contributed by atoms with Crippen LogP contribution in [0.15, 0.2) is 24.3 Å². The van der Waals surface area contributed by atoms with E-state index in [2.05, 4.69) is 10.6 Å². The van der Waals surface area contributed by atoms with Gasteiger partial charge in [0, 0.05) is 12.1 Å². The molecule has 0 aromatic heterocycles. The van der Waals surface area contributed by atoms with Crippen LogP contribution in [0, 0.1) is 11.7 Å². The smallest absolute Gasteiger partial charge is 0.325 e. The summed E-state index contributed by atoms with van der Waals surface area (Å²) in [6.07, 6.45) is 0. The van der Waals surface area contributed by atoms with E-state index in [0.29, 0.717) is 6.54 Å². The summed E-state index contributed by atoms with van der Waals surface area (Å²) in [4.78, 5) is 37.3. The van der Waals surface area contributed by atoms with Gasteiger partial charge in [0.15, 0.2) is 0 Å². The number of nitrogens with zero attached hydrogens (tertiary/aromatic N) is 1. The van der Waals surface area contributed by atoms with Gasteiger partial charge in [-0.3, -0.25) is 14.5 Å². The van der Waals surface area contributed by atoms with Gasteiger partial charge in [0.1, 0.15) is 17.9 Å². The van der Waals surface area contributed by atoms with Gasteiger partial charge in [-0.05, 0) is 18.9 Å². The molecule has 23 heavy (non-hydrogen) atoms. The Morgan fingerprint density at radius 2 is 2.00 bits per heavy atom. The molecule has 2 rings (SSSR count). The van der Waals surface area contributed by atoms with Crippen LogP contribution in [-0.2, 0) is 15.1 Å². The minimum absolute atomic E-state index is 0.0726. The first kappa shape index (κ1) is 16.9. The number of benzene rings is 1. The maximum absolute atomic E-state index is 14.0. The Balaban J connectivity index is 2.17. The Labute approximate surface area is 134 Å². The summed E-state index contributed by atoms with van der Waals surface area (Å²) in [6, 6.07) is 5.04. The largest absolute Gasteiger partial charge is 0.354 e. The highest BCUT2D eigenvalue weighted by Gasteiger charge is 2.50. The number of halogens is 1. The lowest BCUT2D eigenvalue weighted by Crippen LogP contribution is -2.44. The number of imide groups is 1. The fourth-order valence-electron chi connectivity index (χ4n) is 2.41. The fraction of sp³-hybridized carbons (Fsp3) is 0.438. The molecule has 124 valence electrons. The molecule has 0 bridgehead atoms. The Hall–Kier alpha value is -2.44. The first-order valence-corrected chi connectivity index (χ1v) is 7.41. The monoisotopic (exact) mass is 321 g/mol. The highest BCUT2D eigenvalue weighted by molar-refractivity contribution is 6.09. The van der Waals surface area contributed by atoms with Crippen molar-refractivity contribution in [1.82, 2.24) is 15.5 Å². The van der Waals surface area contributed by atoms with E-state index < -0.39 is 29.2 Å². The molecular weight excluding hydrogens is 301 g/mol. The van der Waals surface area contributed by atoms with Crippen molar-refractivity contribution in [2.24, 2.45) is 5.92 Å². The molecular formula is C16H20FN3O3. The Morgan fingerprint density at radius 3 is 2.61 bits per heavy atom. The van der Waals surface area contributed by atoms with Gasteiger partial charge in [0.25, 0.3) is 5.91 Å². The number of rotatable bonds is 5. The van der Waals surface area contributed by atoms with Gasteiger partial charge in [0.2, 0.25) is 5.91 Å². The van der Waals surface area contributed by atoms with Gasteiger partial charge in [-0.2, -0.15) is 0 Å². The lowest BCUT2D eigenvalue weighted by atomic mass is 9.91. The van der Waals surface area contributed by atoms with E-state index in [1.807, 2.05) is 13.8 Å². The van der Waals surface area contributed by atoms with Gasteiger partial charge < -0.3 is 10.6 Å². The van der Waals surface area contributed by atoms with E-state index in [1.54, 1.807) is 6.07 Å². The zero-order valence-electron chi connectivity index (χ0n) is 13.4. The van der Waals surface area contributed by atoms with E-state index in [-0.39, 0.29) is 18.0 Å². The first-order chi connectivity index (χ1) is 10.8. The SMILES string of the molecule is CC(C)CNC(=O)CN1C(=O)NC(C)(c2ccccc2F)C1=O. The van der Waals surface area contributed by atoms with E-state index in [0.717, 1.165) is 4.90 Å². The van der Waals surface area contributed by atoms with Crippen LogP contribution in [0.3, 0.4) is 0 Å². The van der Waals surface area contributed by atoms with E-state index in [4.69, 9.17) is 0 Å². The van der Waals surface area contributed by atoms with Gasteiger partial charge in [-0.1, -0.05) is 32.0 Å². The Morgan fingerprint density at radius 1 is 1.35 bits per heavy atom. The fourth-order valence-corrected chi connectivity index (χ4v) is 2.41. The number of hydrogen-bond acceptors (Lipinski definition) is 3. The van der Waals surface area contributed by atoms with E-state index >= 15 is 0 Å². The Bertz CT molecular complexity index is 647. The second-order valence-corrected chi connectivity index (χ2v) is 6.12. The molecule has 1 saturated heterocycles. The molecule has 1 unspecified atom stereocenters. The predicted octanol–water partition coefficient (Wildman–Crippen LogP) is 1.36. The molecule has 0 aliphatic carbocycles. The second kappa shape index (κ2) is 6.36. The standard InChI is InChI=1S/C16H20FN3O3/c1-10(2)8-18-13(21)9-20-14(22)16(3,19-15(20)23)11-6-4-5-7-12(11)17/h4-7,10H,8-9H2,1-3H3,(H,18,21)(H,19,23). The highest BCUT2D eigenvalue weighted by atomic mass is 19.1. The maximum atomic E-state index is 14.0. The van der Waals surface area contributed by atoms with Crippen molar-refractivity contribution in [3.8, 4) is 0 Å². The molecule has 1 atom stereocenters. The van der Waals surface area contributed by atoms with Crippen LogP contribution in [0.25, 0.3) is 0 Å². The van der Waals surface area contributed by atoms with Crippen molar-refractivity contribution >= 4 is 17.8 Å². The van der Waals surface area contributed by atoms with Crippen molar-refractivity contribution in [3.63, 3.8) is 0 Å². The third-order valence-electron chi connectivity index (χ3n) is 3.70. The van der Waals surface area contributed by atoms with Crippen molar-refractivity contribution in [2.45, 2.75) is 26.3 Å². The number of hydrogen-bond donors (Lipinski definition) is 2.